The lowest BCUT2D eigenvalue weighted by molar-refractivity contribution is -0.146. The van der Waals surface area contributed by atoms with E-state index in [4.69, 9.17) is 4.74 Å². The smallest absolute Gasteiger partial charge is 0.328 e. The highest BCUT2D eigenvalue weighted by Gasteiger charge is 2.20. The summed E-state index contributed by atoms with van der Waals surface area (Å²) in [4.78, 5) is 29.8. The van der Waals surface area contributed by atoms with Crippen LogP contribution in [-0.2, 0) is 9.53 Å². The average Bonchev–Trinajstić information content (AvgIpc) is 3.00. The lowest BCUT2D eigenvalue weighted by atomic mass is 10.1. The number of carbonyl (C=O) groups is 1. The molecule has 5 nitrogen and oxygen atoms in total. The highest BCUT2D eigenvalue weighted by Crippen LogP contribution is 2.30. The zero-order valence-electron chi connectivity index (χ0n) is 12.9. The fraction of sp³-hybridized carbons (Fsp3) is 0.235. The second-order valence-corrected chi connectivity index (χ2v) is 5.94. The second kappa shape index (κ2) is 6.34. The molecule has 0 N–H and O–H groups in total. The number of hydrogen-bond acceptors (Lipinski definition) is 5. The molecule has 0 saturated carbocycles. The number of rotatable bonds is 4. The van der Waals surface area contributed by atoms with Crippen LogP contribution in [0, 0.1) is 0 Å². The van der Waals surface area contributed by atoms with Crippen LogP contribution in [-0.4, -0.2) is 22.1 Å². The Morgan fingerprint density at radius 1 is 1.35 bits per heavy atom. The molecule has 3 aromatic rings. The van der Waals surface area contributed by atoms with Gasteiger partial charge in [-0.15, -0.1) is 11.3 Å². The van der Waals surface area contributed by atoms with Gasteiger partial charge in [0, 0.05) is 10.9 Å². The van der Waals surface area contributed by atoms with Crippen LogP contribution in [0.1, 0.15) is 19.9 Å². The van der Waals surface area contributed by atoms with E-state index >= 15 is 0 Å². The zero-order valence-corrected chi connectivity index (χ0v) is 13.7. The number of esters is 1. The van der Waals surface area contributed by atoms with Gasteiger partial charge in [-0.05, 0) is 19.4 Å². The molecule has 0 bridgehead atoms. The standard InChI is InChI=1S/C17H16N2O3S/c1-3-22-17(21)11(2)19-10-18-15-14(16(19)20)13(9-23-15)12-7-5-4-6-8-12/h4-11H,3H2,1-2H3/t11-/m0/s1. The molecule has 0 radical (unpaired) electrons. The number of fused-ring (bicyclic) bond motifs is 1. The summed E-state index contributed by atoms with van der Waals surface area (Å²) in [6.07, 6.45) is 1.41. The summed E-state index contributed by atoms with van der Waals surface area (Å²) in [5.41, 5.74) is 1.57. The summed E-state index contributed by atoms with van der Waals surface area (Å²) >= 11 is 1.42. The lowest BCUT2D eigenvalue weighted by Crippen LogP contribution is -2.29. The fourth-order valence-corrected chi connectivity index (χ4v) is 3.33. The van der Waals surface area contributed by atoms with Crippen LogP contribution in [0.2, 0.25) is 0 Å². The van der Waals surface area contributed by atoms with Crippen molar-refractivity contribution >= 4 is 27.5 Å². The maximum Gasteiger partial charge on any atom is 0.328 e. The van der Waals surface area contributed by atoms with Crippen LogP contribution in [0.15, 0.2) is 46.8 Å². The van der Waals surface area contributed by atoms with Gasteiger partial charge in [-0.3, -0.25) is 9.36 Å². The van der Waals surface area contributed by atoms with Gasteiger partial charge >= 0.3 is 5.97 Å². The number of aromatic nitrogens is 2. The number of nitrogens with zero attached hydrogens (tertiary/aromatic N) is 2. The number of thiophene rings is 1. The van der Waals surface area contributed by atoms with Gasteiger partial charge in [-0.2, -0.15) is 0 Å². The largest absolute Gasteiger partial charge is 0.464 e. The molecule has 2 heterocycles. The van der Waals surface area contributed by atoms with Gasteiger partial charge in [0.2, 0.25) is 0 Å². The van der Waals surface area contributed by atoms with E-state index in [-0.39, 0.29) is 12.2 Å². The van der Waals surface area contributed by atoms with Gasteiger partial charge in [-0.1, -0.05) is 30.3 Å². The summed E-state index contributed by atoms with van der Waals surface area (Å²) in [5, 5.41) is 2.47. The van der Waals surface area contributed by atoms with E-state index in [0.29, 0.717) is 10.2 Å². The average molecular weight is 328 g/mol. The van der Waals surface area contributed by atoms with E-state index in [2.05, 4.69) is 4.98 Å². The molecule has 2 aromatic heterocycles. The predicted octanol–water partition coefficient (Wildman–Crippen LogP) is 3.25. The maximum absolute atomic E-state index is 12.9. The third kappa shape index (κ3) is 2.77. The second-order valence-electron chi connectivity index (χ2n) is 5.08. The molecule has 0 amide bonds. The molecule has 23 heavy (non-hydrogen) atoms. The third-order valence-corrected chi connectivity index (χ3v) is 4.54. The van der Waals surface area contributed by atoms with Crippen molar-refractivity contribution in [2.75, 3.05) is 6.61 Å². The molecule has 0 unspecified atom stereocenters. The number of hydrogen-bond donors (Lipinski definition) is 0. The highest BCUT2D eigenvalue weighted by atomic mass is 32.1. The van der Waals surface area contributed by atoms with Crippen molar-refractivity contribution in [2.24, 2.45) is 0 Å². The van der Waals surface area contributed by atoms with Crippen molar-refractivity contribution in [2.45, 2.75) is 19.9 Å². The van der Waals surface area contributed by atoms with Gasteiger partial charge in [0.15, 0.2) is 0 Å². The van der Waals surface area contributed by atoms with Gasteiger partial charge < -0.3 is 4.74 Å². The Balaban J connectivity index is 2.15. The topological polar surface area (TPSA) is 61.2 Å². The molecule has 0 spiro atoms. The van der Waals surface area contributed by atoms with Crippen LogP contribution in [0.25, 0.3) is 21.3 Å². The van der Waals surface area contributed by atoms with Crippen LogP contribution in [0.5, 0.6) is 0 Å². The summed E-state index contributed by atoms with van der Waals surface area (Å²) in [7, 11) is 0. The zero-order chi connectivity index (χ0) is 16.4. The van der Waals surface area contributed by atoms with Crippen molar-refractivity contribution < 1.29 is 9.53 Å². The first-order chi connectivity index (χ1) is 11.1. The number of benzene rings is 1. The Labute approximate surface area is 137 Å². The third-order valence-electron chi connectivity index (χ3n) is 3.65. The Morgan fingerprint density at radius 3 is 2.78 bits per heavy atom. The van der Waals surface area contributed by atoms with Crippen molar-refractivity contribution in [3.8, 4) is 11.1 Å². The Morgan fingerprint density at radius 2 is 2.09 bits per heavy atom. The molecule has 1 atom stereocenters. The quantitative estimate of drug-likeness (QED) is 0.690. The van der Waals surface area contributed by atoms with Crippen molar-refractivity contribution in [1.82, 2.24) is 9.55 Å². The van der Waals surface area contributed by atoms with E-state index in [1.807, 2.05) is 35.7 Å². The van der Waals surface area contributed by atoms with Crippen molar-refractivity contribution in [3.05, 3.63) is 52.4 Å². The van der Waals surface area contributed by atoms with E-state index in [1.165, 1.54) is 22.2 Å². The fourth-order valence-electron chi connectivity index (χ4n) is 2.43. The predicted molar refractivity (Wildman–Crippen MR) is 90.7 cm³/mol. The van der Waals surface area contributed by atoms with Crippen LogP contribution in [0.3, 0.4) is 0 Å². The Kier molecular flexibility index (Phi) is 4.25. The van der Waals surface area contributed by atoms with Crippen LogP contribution in [0.4, 0.5) is 0 Å². The molecule has 0 aliphatic carbocycles. The first-order valence-corrected chi connectivity index (χ1v) is 8.21. The number of carbonyl (C=O) groups excluding carboxylic acids is 1. The summed E-state index contributed by atoms with van der Waals surface area (Å²) < 4.78 is 6.33. The molecule has 0 fully saturated rings. The van der Waals surface area contributed by atoms with Gasteiger partial charge in [0.25, 0.3) is 5.56 Å². The normalized spacial score (nSPS) is 12.3. The molecule has 0 aliphatic heterocycles. The van der Waals surface area contributed by atoms with Crippen molar-refractivity contribution in [3.63, 3.8) is 0 Å². The minimum atomic E-state index is -0.706. The molecular formula is C17H16N2O3S. The Hall–Kier alpha value is -2.47. The summed E-state index contributed by atoms with van der Waals surface area (Å²) in [6, 6.07) is 8.98. The minimum absolute atomic E-state index is 0.226. The van der Waals surface area contributed by atoms with Crippen LogP contribution < -0.4 is 5.56 Å². The molecule has 118 valence electrons. The monoisotopic (exact) mass is 328 g/mol. The maximum atomic E-state index is 12.9. The first-order valence-electron chi connectivity index (χ1n) is 7.34. The lowest BCUT2D eigenvalue weighted by Gasteiger charge is -2.13. The van der Waals surface area contributed by atoms with E-state index in [0.717, 1.165) is 11.1 Å². The van der Waals surface area contributed by atoms with E-state index < -0.39 is 12.0 Å². The summed E-state index contributed by atoms with van der Waals surface area (Å²) in [5.74, 6) is -0.438. The van der Waals surface area contributed by atoms with Gasteiger partial charge in [0.05, 0.1) is 18.3 Å². The van der Waals surface area contributed by atoms with Crippen LogP contribution >= 0.6 is 11.3 Å². The van der Waals surface area contributed by atoms with Gasteiger partial charge in [-0.25, -0.2) is 9.78 Å². The minimum Gasteiger partial charge on any atom is -0.464 e. The molecule has 0 aliphatic rings. The first kappa shape index (κ1) is 15.4. The summed E-state index contributed by atoms with van der Waals surface area (Å²) in [6.45, 7) is 3.66. The van der Waals surface area contributed by atoms with Crippen molar-refractivity contribution in [1.29, 1.82) is 0 Å². The Bertz CT molecular complexity index is 899. The molecule has 0 saturated heterocycles. The molecular weight excluding hydrogens is 312 g/mol. The van der Waals surface area contributed by atoms with Gasteiger partial charge in [0.1, 0.15) is 10.9 Å². The van der Waals surface area contributed by atoms with E-state index in [9.17, 15) is 9.59 Å². The number of ether oxygens (including phenoxy) is 1. The molecule has 3 rings (SSSR count). The molecule has 6 heteroatoms. The highest BCUT2D eigenvalue weighted by molar-refractivity contribution is 7.17. The van der Waals surface area contributed by atoms with E-state index in [1.54, 1.807) is 13.8 Å². The molecule has 1 aromatic carbocycles. The SMILES string of the molecule is CCOC(=O)[C@H](C)n1cnc2scc(-c3ccccc3)c2c1=O.